The summed E-state index contributed by atoms with van der Waals surface area (Å²) < 4.78 is 5.47. The molecule has 1 aliphatic rings. The van der Waals surface area contributed by atoms with Crippen LogP contribution in [-0.4, -0.2) is 30.6 Å². The first-order chi connectivity index (χ1) is 16.2. The summed E-state index contributed by atoms with van der Waals surface area (Å²) in [5.41, 5.74) is 4.66. The molecule has 1 saturated heterocycles. The highest BCUT2D eigenvalue weighted by molar-refractivity contribution is 5.93. The molecule has 0 atom stereocenters. The summed E-state index contributed by atoms with van der Waals surface area (Å²) in [6.45, 7) is 3.02. The largest absolute Gasteiger partial charge is 0.423 e. The van der Waals surface area contributed by atoms with E-state index in [4.69, 9.17) is 4.42 Å². The van der Waals surface area contributed by atoms with Gasteiger partial charge in [-0.15, -0.1) is 0 Å². The van der Waals surface area contributed by atoms with E-state index >= 15 is 0 Å². The van der Waals surface area contributed by atoms with E-state index in [0.717, 1.165) is 54.7 Å². The van der Waals surface area contributed by atoms with Gasteiger partial charge in [0.15, 0.2) is 0 Å². The molecule has 0 bridgehead atoms. The summed E-state index contributed by atoms with van der Waals surface area (Å²) >= 11 is 0. The zero-order valence-electron chi connectivity index (χ0n) is 18.6. The summed E-state index contributed by atoms with van der Waals surface area (Å²) in [7, 11) is 0. The van der Waals surface area contributed by atoms with Gasteiger partial charge in [-0.25, -0.2) is 4.79 Å². The predicted molar refractivity (Wildman–Crippen MR) is 136 cm³/mol. The van der Waals surface area contributed by atoms with E-state index in [0.29, 0.717) is 11.6 Å². The van der Waals surface area contributed by atoms with E-state index in [-0.39, 0.29) is 5.63 Å². The van der Waals surface area contributed by atoms with Crippen molar-refractivity contribution in [2.75, 3.05) is 25.0 Å². The van der Waals surface area contributed by atoms with E-state index in [2.05, 4.69) is 64.8 Å². The highest BCUT2D eigenvalue weighted by Crippen LogP contribution is 2.29. The van der Waals surface area contributed by atoms with E-state index in [9.17, 15) is 4.79 Å². The predicted octanol–water partition coefficient (Wildman–Crippen LogP) is 6.05. The van der Waals surface area contributed by atoms with Crippen molar-refractivity contribution in [1.82, 2.24) is 4.90 Å². The van der Waals surface area contributed by atoms with E-state index < -0.39 is 0 Å². The number of nitrogens with one attached hydrogen (secondary N) is 1. The van der Waals surface area contributed by atoms with E-state index in [1.807, 2.05) is 36.4 Å². The smallest absolute Gasteiger partial charge is 0.338 e. The van der Waals surface area contributed by atoms with Gasteiger partial charge in [0.1, 0.15) is 5.58 Å². The Labute approximate surface area is 194 Å². The van der Waals surface area contributed by atoms with Crippen molar-refractivity contribution in [3.8, 4) is 11.1 Å². The first-order valence-electron chi connectivity index (χ1n) is 11.6. The fourth-order valence-corrected chi connectivity index (χ4v) is 4.47. The van der Waals surface area contributed by atoms with E-state index in [1.165, 1.54) is 5.56 Å². The zero-order valence-corrected chi connectivity index (χ0v) is 18.6. The van der Waals surface area contributed by atoms with Gasteiger partial charge in [-0.3, -0.25) is 4.90 Å². The average Bonchev–Trinajstić information content (AvgIpc) is 2.86. The molecule has 5 rings (SSSR count). The van der Waals surface area contributed by atoms with Crippen LogP contribution in [0.3, 0.4) is 0 Å². The molecule has 0 unspecified atom stereocenters. The van der Waals surface area contributed by atoms with Gasteiger partial charge in [-0.1, -0.05) is 78.9 Å². The quantitative estimate of drug-likeness (QED) is 0.374. The minimum atomic E-state index is -0.319. The Morgan fingerprint density at radius 1 is 0.879 bits per heavy atom. The highest BCUT2D eigenvalue weighted by atomic mass is 16.4. The van der Waals surface area contributed by atoms with Crippen molar-refractivity contribution in [1.29, 1.82) is 0 Å². The van der Waals surface area contributed by atoms with Crippen molar-refractivity contribution in [2.45, 2.75) is 18.9 Å². The maximum absolute atomic E-state index is 12.2. The lowest BCUT2D eigenvalue weighted by Gasteiger charge is -2.32. The molecule has 33 heavy (non-hydrogen) atoms. The fourth-order valence-electron chi connectivity index (χ4n) is 4.47. The minimum Gasteiger partial charge on any atom is -0.423 e. The summed E-state index contributed by atoms with van der Waals surface area (Å²) in [6, 6.07) is 28.6. The number of nitrogens with zero attached hydrogens (tertiary/aromatic N) is 1. The topological polar surface area (TPSA) is 45.5 Å². The number of hydrogen-bond donors (Lipinski definition) is 1. The number of rotatable bonds is 6. The van der Waals surface area contributed by atoms with Crippen LogP contribution in [0.5, 0.6) is 0 Å². The Kier molecular flexibility index (Phi) is 6.36. The van der Waals surface area contributed by atoms with Crippen LogP contribution in [-0.2, 0) is 0 Å². The monoisotopic (exact) mass is 436 g/mol. The second-order valence-electron chi connectivity index (χ2n) is 8.59. The number of benzene rings is 3. The molecule has 1 aliphatic heterocycles. The fraction of sp³-hybridized carbons (Fsp3) is 0.207. The van der Waals surface area contributed by atoms with E-state index in [1.54, 1.807) is 6.07 Å². The summed E-state index contributed by atoms with van der Waals surface area (Å²) in [5.74, 6) is 0. The Morgan fingerprint density at radius 3 is 2.36 bits per heavy atom. The third-order valence-electron chi connectivity index (χ3n) is 6.27. The molecule has 166 valence electrons. The Hall–Kier alpha value is -3.63. The van der Waals surface area contributed by atoms with Gasteiger partial charge in [0.2, 0.25) is 0 Å². The summed E-state index contributed by atoms with van der Waals surface area (Å²) in [4.78, 5) is 14.6. The number of likely N-dealkylation sites (tertiary alicyclic amines) is 1. The lowest BCUT2D eigenvalue weighted by atomic mass is 10.0. The highest BCUT2D eigenvalue weighted by Gasteiger charge is 2.19. The van der Waals surface area contributed by atoms with Crippen LogP contribution in [0.2, 0.25) is 0 Å². The van der Waals surface area contributed by atoms with Crippen molar-refractivity contribution >= 4 is 22.7 Å². The van der Waals surface area contributed by atoms with Crippen molar-refractivity contribution < 1.29 is 4.42 Å². The molecular formula is C29H28N2O2. The summed E-state index contributed by atoms with van der Waals surface area (Å²) in [5, 5.41) is 4.59. The van der Waals surface area contributed by atoms with Gasteiger partial charge in [0.25, 0.3) is 0 Å². The van der Waals surface area contributed by atoms with Crippen LogP contribution in [0, 0.1) is 0 Å². The second-order valence-corrected chi connectivity index (χ2v) is 8.59. The van der Waals surface area contributed by atoms with Crippen LogP contribution >= 0.6 is 0 Å². The second kappa shape index (κ2) is 9.88. The molecule has 0 radical (unpaired) electrons. The molecule has 4 aromatic rings. The molecule has 0 aliphatic carbocycles. The Bertz CT molecular complexity index is 1290. The molecule has 3 aromatic carbocycles. The molecule has 0 spiro atoms. The van der Waals surface area contributed by atoms with Crippen LogP contribution in [0.1, 0.15) is 18.4 Å². The van der Waals surface area contributed by atoms with Gasteiger partial charge in [0.05, 0.1) is 5.69 Å². The lowest BCUT2D eigenvalue weighted by molar-refractivity contribution is 0.240. The molecule has 4 nitrogen and oxygen atoms in total. The van der Waals surface area contributed by atoms with Gasteiger partial charge in [0, 0.05) is 37.1 Å². The number of anilines is 1. The number of hydrogen-bond acceptors (Lipinski definition) is 4. The minimum absolute atomic E-state index is 0.319. The molecule has 2 heterocycles. The molecular weight excluding hydrogens is 408 g/mol. The van der Waals surface area contributed by atoms with Gasteiger partial charge in [-0.2, -0.15) is 0 Å². The normalized spacial score (nSPS) is 15.3. The third-order valence-corrected chi connectivity index (χ3v) is 6.27. The maximum atomic E-state index is 12.2. The van der Waals surface area contributed by atoms with Crippen molar-refractivity contribution in [3.05, 3.63) is 107 Å². The van der Waals surface area contributed by atoms with Gasteiger partial charge >= 0.3 is 5.63 Å². The van der Waals surface area contributed by atoms with Crippen molar-refractivity contribution in [3.63, 3.8) is 0 Å². The number of fused-ring (bicyclic) bond motifs is 1. The Morgan fingerprint density at radius 2 is 1.61 bits per heavy atom. The van der Waals surface area contributed by atoms with Crippen LogP contribution in [0.4, 0.5) is 5.69 Å². The van der Waals surface area contributed by atoms with Crippen LogP contribution in [0.15, 0.2) is 100 Å². The summed E-state index contributed by atoms with van der Waals surface area (Å²) in [6.07, 6.45) is 6.51. The zero-order chi connectivity index (χ0) is 22.5. The molecule has 0 saturated carbocycles. The Balaban J connectivity index is 1.26. The average molecular weight is 437 g/mol. The molecule has 1 N–H and O–H groups in total. The first kappa shape index (κ1) is 21.2. The lowest BCUT2D eigenvalue weighted by Crippen LogP contribution is -2.39. The van der Waals surface area contributed by atoms with Crippen LogP contribution < -0.4 is 10.9 Å². The van der Waals surface area contributed by atoms with Gasteiger partial charge < -0.3 is 9.73 Å². The third kappa shape index (κ3) is 5.24. The first-order valence-corrected chi connectivity index (χ1v) is 11.6. The number of piperidine rings is 1. The van der Waals surface area contributed by atoms with Gasteiger partial charge in [-0.05, 0) is 41.7 Å². The van der Waals surface area contributed by atoms with Crippen LogP contribution in [0.25, 0.3) is 28.2 Å². The molecule has 4 heteroatoms. The maximum Gasteiger partial charge on any atom is 0.338 e. The molecule has 1 aromatic heterocycles. The standard InChI is InChI=1S/C29H28N2O2/c32-29-21-27(26-20-24(13-14-28(26)33-29)23-11-5-2-6-12-23)30-25-15-18-31(19-16-25)17-7-10-22-8-3-1-4-9-22/h1-14,20-21,25,30H,15-19H2/b10-7+. The SMILES string of the molecule is O=c1cc(NC2CCN(C/C=C/c3ccccc3)CC2)c2cc(-c3ccccc3)ccc2o1. The molecule has 1 fully saturated rings. The molecule has 0 amide bonds. The van der Waals surface area contributed by atoms with Crippen molar-refractivity contribution in [2.24, 2.45) is 0 Å².